The lowest BCUT2D eigenvalue weighted by Crippen LogP contribution is -2.47. The molecule has 9 nitrogen and oxygen atoms in total. The Bertz CT molecular complexity index is 1580. The maximum Gasteiger partial charge on any atom is 0.204 e. The van der Waals surface area contributed by atoms with Crippen LogP contribution in [0.4, 0.5) is 5.82 Å². The van der Waals surface area contributed by atoms with E-state index < -0.39 is 0 Å². The highest BCUT2D eigenvalue weighted by Gasteiger charge is 2.23. The molecule has 5 aromatic rings. The molecule has 0 N–H and O–H groups in total. The van der Waals surface area contributed by atoms with Gasteiger partial charge < -0.3 is 4.90 Å². The molecule has 2 aromatic carbocycles. The van der Waals surface area contributed by atoms with E-state index in [0.717, 1.165) is 60.1 Å². The largest absolute Gasteiger partial charge is 0.353 e. The van der Waals surface area contributed by atoms with Crippen LogP contribution in [0.2, 0.25) is 0 Å². The van der Waals surface area contributed by atoms with Crippen LogP contribution in [-0.2, 0) is 13.7 Å². The monoisotopic (exact) mass is 497 g/mol. The second-order valence-corrected chi connectivity index (χ2v) is 9.46. The van der Waals surface area contributed by atoms with Gasteiger partial charge in [0.2, 0.25) is 4.77 Å². The molecule has 0 spiro atoms. The van der Waals surface area contributed by atoms with Gasteiger partial charge in [0.15, 0.2) is 11.5 Å². The Kier molecular flexibility index (Phi) is 5.82. The van der Waals surface area contributed by atoms with Crippen molar-refractivity contribution < 1.29 is 0 Å². The minimum atomic E-state index is 0.636. The van der Waals surface area contributed by atoms with E-state index in [1.54, 1.807) is 11.0 Å². The lowest BCUT2D eigenvalue weighted by atomic mass is 10.2. The highest BCUT2D eigenvalue weighted by molar-refractivity contribution is 7.71. The summed E-state index contributed by atoms with van der Waals surface area (Å²) in [6, 6.07) is 18.6. The van der Waals surface area contributed by atoms with Crippen LogP contribution < -0.4 is 4.90 Å². The Morgan fingerprint density at radius 3 is 2.53 bits per heavy atom. The maximum absolute atomic E-state index is 5.96. The number of hydrogen-bond acceptors (Lipinski definition) is 7. The maximum atomic E-state index is 5.96. The molecule has 1 fully saturated rings. The van der Waals surface area contributed by atoms with Crippen LogP contribution in [0, 0.1) is 11.7 Å². The van der Waals surface area contributed by atoms with Crippen LogP contribution in [0.15, 0.2) is 67.1 Å². The van der Waals surface area contributed by atoms with Crippen LogP contribution in [0.1, 0.15) is 5.56 Å². The average molecular weight is 498 g/mol. The smallest absolute Gasteiger partial charge is 0.204 e. The number of benzene rings is 2. The second-order valence-electron chi connectivity index (χ2n) is 9.10. The summed E-state index contributed by atoms with van der Waals surface area (Å²) in [6.45, 7) is 6.21. The van der Waals surface area contributed by atoms with Crippen molar-refractivity contribution in [2.45, 2.75) is 13.6 Å². The quantitative estimate of drug-likeness (QED) is 0.342. The molecule has 6 rings (SSSR count). The number of aryl methyl sites for hydroxylation is 2. The molecule has 1 saturated heterocycles. The van der Waals surface area contributed by atoms with Crippen molar-refractivity contribution in [2.24, 2.45) is 7.05 Å². The first-order chi connectivity index (χ1) is 17.6. The van der Waals surface area contributed by atoms with Gasteiger partial charge in [-0.3, -0.25) is 14.1 Å². The van der Waals surface area contributed by atoms with Crippen LogP contribution in [0.25, 0.3) is 28.1 Å². The molecule has 0 saturated carbocycles. The van der Waals surface area contributed by atoms with Crippen LogP contribution in [0.3, 0.4) is 0 Å². The molecule has 0 amide bonds. The van der Waals surface area contributed by atoms with Gasteiger partial charge in [-0.05, 0) is 36.8 Å². The van der Waals surface area contributed by atoms with Gasteiger partial charge in [0.25, 0.3) is 0 Å². The number of aromatic nitrogens is 7. The fraction of sp³-hybridized carbons (Fsp3) is 0.269. The Hall–Kier alpha value is -3.89. The van der Waals surface area contributed by atoms with Crippen molar-refractivity contribution in [3.63, 3.8) is 0 Å². The van der Waals surface area contributed by atoms with Crippen molar-refractivity contribution in [3.05, 3.63) is 77.5 Å². The molecule has 4 heterocycles. The van der Waals surface area contributed by atoms with E-state index in [9.17, 15) is 0 Å². The minimum absolute atomic E-state index is 0.636. The summed E-state index contributed by atoms with van der Waals surface area (Å²) < 4.78 is 6.50. The van der Waals surface area contributed by atoms with E-state index in [0.29, 0.717) is 11.4 Å². The van der Waals surface area contributed by atoms with Crippen LogP contribution >= 0.6 is 12.2 Å². The van der Waals surface area contributed by atoms with E-state index >= 15 is 0 Å². The summed E-state index contributed by atoms with van der Waals surface area (Å²) in [5.74, 6) is 1.80. The molecule has 3 aromatic heterocycles. The zero-order chi connectivity index (χ0) is 24.6. The number of anilines is 1. The summed E-state index contributed by atoms with van der Waals surface area (Å²) in [5, 5.41) is 10.3. The van der Waals surface area contributed by atoms with E-state index in [1.807, 2.05) is 36.1 Å². The fourth-order valence-electron chi connectivity index (χ4n) is 4.77. The van der Waals surface area contributed by atoms with Gasteiger partial charge in [-0.2, -0.15) is 5.10 Å². The summed E-state index contributed by atoms with van der Waals surface area (Å²) in [7, 11) is 1.90. The third kappa shape index (κ3) is 4.08. The van der Waals surface area contributed by atoms with E-state index in [1.165, 1.54) is 5.56 Å². The molecule has 0 aliphatic carbocycles. The third-order valence-electron chi connectivity index (χ3n) is 6.65. The number of fused-ring (bicyclic) bond motifs is 1. The van der Waals surface area contributed by atoms with Gasteiger partial charge in [-0.15, -0.1) is 5.10 Å². The first kappa shape index (κ1) is 22.6. The lowest BCUT2D eigenvalue weighted by Gasteiger charge is -2.35. The van der Waals surface area contributed by atoms with Gasteiger partial charge in [-0.25, -0.2) is 14.6 Å². The number of nitrogens with zero attached hydrogens (tertiary/aromatic N) is 9. The first-order valence-corrected chi connectivity index (χ1v) is 12.4. The second kappa shape index (κ2) is 9.29. The zero-order valence-electron chi connectivity index (χ0n) is 20.3. The zero-order valence-corrected chi connectivity index (χ0v) is 21.1. The van der Waals surface area contributed by atoms with Crippen molar-refractivity contribution in [1.82, 2.24) is 39.0 Å². The highest BCUT2D eigenvalue weighted by atomic mass is 32.1. The van der Waals surface area contributed by atoms with Gasteiger partial charge in [-0.1, -0.05) is 42.5 Å². The van der Waals surface area contributed by atoms with Gasteiger partial charge in [0, 0.05) is 38.8 Å². The molecule has 0 radical (unpaired) electrons. The van der Waals surface area contributed by atoms with Crippen molar-refractivity contribution in [1.29, 1.82) is 0 Å². The van der Waals surface area contributed by atoms with Crippen LogP contribution in [-0.4, -0.2) is 65.2 Å². The normalized spacial score (nSPS) is 14.6. The van der Waals surface area contributed by atoms with E-state index in [4.69, 9.17) is 17.3 Å². The molecular weight excluding hydrogens is 470 g/mol. The predicted molar refractivity (Wildman–Crippen MR) is 143 cm³/mol. The Morgan fingerprint density at radius 1 is 0.944 bits per heavy atom. The fourth-order valence-corrected chi connectivity index (χ4v) is 5.06. The first-order valence-electron chi connectivity index (χ1n) is 12.0. The molecule has 1 aliphatic heterocycles. The van der Waals surface area contributed by atoms with Crippen molar-refractivity contribution in [2.75, 3.05) is 31.1 Å². The lowest BCUT2D eigenvalue weighted by molar-refractivity contribution is 0.194. The predicted octanol–water partition coefficient (Wildman–Crippen LogP) is 3.84. The number of rotatable bonds is 5. The molecular formula is C26H27N9S. The van der Waals surface area contributed by atoms with Gasteiger partial charge in [0.1, 0.15) is 12.1 Å². The van der Waals surface area contributed by atoms with Crippen molar-refractivity contribution in [3.8, 4) is 17.1 Å². The molecule has 36 heavy (non-hydrogen) atoms. The minimum Gasteiger partial charge on any atom is -0.353 e. The van der Waals surface area contributed by atoms with E-state index in [-0.39, 0.29) is 0 Å². The summed E-state index contributed by atoms with van der Waals surface area (Å²) in [5.41, 5.74) is 4.10. The highest BCUT2D eigenvalue weighted by Crippen LogP contribution is 2.25. The topological polar surface area (TPSA) is 72.8 Å². The summed E-state index contributed by atoms with van der Waals surface area (Å²) in [6.07, 6.45) is 3.47. The van der Waals surface area contributed by atoms with Crippen molar-refractivity contribution >= 4 is 29.1 Å². The Labute approximate surface area is 214 Å². The molecule has 1 aliphatic rings. The number of piperazine rings is 1. The number of hydrogen-bond donors (Lipinski definition) is 0. The Balaban J connectivity index is 1.26. The molecule has 0 unspecified atom stereocenters. The molecule has 10 heteroatoms. The average Bonchev–Trinajstić information content (AvgIpc) is 3.45. The molecule has 182 valence electrons. The molecule has 0 atom stereocenters. The van der Waals surface area contributed by atoms with Gasteiger partial charge >= 0.3 is 0 Å². The standard InChI is InChI=1S/C26H27N9S/c1-19-7-6-10-21(15-19)35-23(20-8-4-3-5-9-20)30-34(26(35)36)18-32-11-13-33(14-12-32)25-22-16-29-31(2)24(22)27-17-28-25/h3-10,15-17H,11-14,18H2,1-2H3. The third-order valence-corrected chi connectivity index (χ3v) is 7.04. The van der Waals surface area contributed by atoms with E-state index in [2.05, 4.69) is 72.8 Å². The SMILES string of the molecule is Cc1cccc(-n2c(-c3ccccc3)nn(CN3CCN(c4ncnc5c4cnn5C)CC3)c2=S)c1. The summed E-state index contributed by atoms with van der Waals surface area (Å²) >= 11 is 5.96. The van der Waals surface area contributed by atoms with Crippen LogP contribution in [0.5, 0.6) is 0 Å². The van der Waals surface area contributed by atoms with Gasteiger partial charge in [0.05, 0.1) is 23.9 Å². The molecule has 0 bridgehead atoms. The Morgan fingerprint density at radius 2 is 1.75 bits per heavy atom. The summed E-state index contributed by atoms with van der Waals surface area (Å²) in [4.78, 5) is 13.6.